The minimum absolute atomic E-state index is 0.0264. The number of likely N-dealkylation sites (tertiary alicyclic amines) is 1. The zero-order chi connectivity index (χ0) is 25.9. The van der Waals surface area contributed by atoms with Crippen molar-refractivity contribution in [2.75, 3.05) is 19.1 Å². The lowest BCUT2D eigenvalue weighted by Gasteiger charge is -2.40. The molecule has 0 radical (unpaired) electrons. The number of aromatic amines is 2. The summed E-state index contributed by atoms with van der Waals surface area (Å²) < 4.78 is 5.63. The Balaban J connectivity index is 2.08. The van der Waals surface area contributed by atoms with E-state index in [1.54, 1.807) is 44.2 Å². The molecular weight excluding hydrogens is 486 g/mol. The van der Waals surface area contributed by atoms with Gasteiger partial charge in [0, 0.05) is 33.6 Å². The first-order valence-corrected chi connectivity index (χ1v) is 13.4. The second kappa shape index (κ2) is 10.6. The Kier molecular flexibility index (Phi) is 8.04. The number of H-pyrrole nitrogens is 2. The minimum atomic E-state index is -0.702. The summed E-state index contributed by atoms with van der Waals surface area (Å²) >= 11 is 2.61. The van der Waals surface area contributed by atoms with Gasteiger partial charge >= 0.3 is 6.09 Å². The molecule has 11 heteroatoms. The van der Waals surface area contributed by atoms with Crippen molar-refractivity contribution in [2.24, 2.45) is 0 Å². The van der Waals surface area contributed by atoms with Crippen molar-refractivity contribution in [1.82, 2.24) is 14.9 Å². The number of rotatable bonds is 4. The Labute approximate surface area is 211 Å². The van der Waals surface area contributed by atoms with E-state index < -0.39 is 28.9 Å². The molecule has 2 aromatic rings. The summed E-state index contributed by atoms with van der Waals surface area (Å²) in [5.74, 6) is -0.137. The maximum atomic E-state index is 13.1. The van der Waals surface area contributed by atoms with Gasteiger partial charge in [-0.15, -0.1) is 23.5 Å². The van der Waals surface area contributed by atoms with Crippen molar-refractivity contribution < 1.29 is 9.53 Å². The monoisotopic (exact) mass is 513 g/mol. The number of nitriles is 2. The van der Waals surface area contributed by atoms with E-state index in [0.717, 1.165) is 0 Å². The summed E-state index contributed by atoms with van der Waals surface area (Å²) in [5.41, 5.74) is -0.396. The van der Waals surface area contributed by atoms with Gasteiger partial charge in [0.25, 0.3) is 11.1 Å². The average molecular weight is 514 g/mol. The summed E-state index contributed by atoms with van der Waals surface area (Å²) in [6.45, 7) is 5.69. The second-order valence-corrected chi connectivity index (χ2v) is 10.8. The molecule has 0 aliphatic carbocycles. The molecule has 2 aromatic heterocycles. The van der Waals surface area contributed by atoms with Gasteiger partial charge in [0.15, 0.2) is 0 Å². The number of pyridine rings is 2. The van der Waals surface area contributed by atoms with E-state index in [-0.39, 0.29) is 17.0 Å². The normalized spacial score (nSPS) is 18.0. The van der Waals surface area contributed by atoms with Crippen LogP contribution in [0.5, 0.6) is 0 Å². The van der Waals surface area contributed by atoms with E-state index in [2.05, 4.69) is 9.97 Å². The molecule has 0 aromatic carbocycles. The molecule has 2 atom stereocenters. The van der Waals surface area contributed by atoms with E-state index in [0.29, 0.717) is 40.6 Å². The van der Waals surface area contributed by atoms with Crippen molar-refractivity contribution in [2.45, 2.75) is 61.0 Å². The number of ether oxygens (including phenoxy) is 1. The summed E-state index contributed by atoms with van der Waals surface area (Å²) in [5, 5.41) is 18.7. The number of carbonyl (C=O) groups excluding carboxylic acids is 1. The van der Waals surface area contributed by atoms with Crippen LogP contribution < -0.4 is 11.1 Å². The number of aromatic nitrogens is 2. The van der Waals surface area contributed by atoms with Crippen LogP contribution >= 0.6 is 23.5 Å². The van der Waals surface area contributed by atoms with Crippen LogP contribution in [0.1, 0.15) is 68.1 Å². The van der Waals surface area contributed by atoms with Gasteiger partial charge in [-0.3, -0.25) is 14.5 Å². The highest BCUT2D eigenvalue weighted by Gasteiger charge is 2.37. The third-order valence-corrected chi connectivity index (χ3v) is 7.25. The highest BCUT2D eigenvalue weighted by atomic mass is 32.2. The van der Waals surface area contributed by atoms with Gasteiger partial charge < -0.3 is 14.7 Å². The minimum Gasteiger partial charge on any atom is -0.444 e. The van der Waals surface area contributed by atoms with Gasteiger partial charge in [-0.2, -0.15) is 10.5 Å². The lowest BCUT2D eigenvalue weighted by molar-refractivity contribution is 0.00689. The summed E-state index contributed by atoms with van der Waals surface area (Å²) in [4.78, 5) is 46.6. The van der Waals surface area contributed by atoms with Crippen LogP contribution in [0.25, 0.3) is 0 Å². The van der Waals surface area contributed by atoms with Gasteiger partial charge in [-0.1, -0.05) is 0 Å². The predicted octanol–water partition coefficient (Wildman–Crippen LogP) is 4.11. The van der Waals surface area contributed by atoms with E-state index in [1.807, 2.05) is 18.2 Å². The molecular formula is C24H27N5O4S2. The second-order valence-electron chi connectivity index (χ2n) is 9.13. The largest absolute Gasteiger partial charge is 0.444 e. The number of amides is 1. The van der Waals surface area contributed by atoms with Gasteiger partial charge in [-0.25, -0.2) is 4.79 Å². The lowest BCUT2D eigenvalue weighted by atomic mass is 9.86. The SMILES string of the molecule is CSc1cc(C2CCN(C(=O)OC(C)(C)C)C(c3cc(SC)c(C#N)c(=O)[nH]3)C2)[nH]c(=O)c1C#N. The quantitative estimate of drug-likeness (QED) is 0.582. The van der Waals surface area contributed by atoms with Crippen LogP contribution in [0, 0.1) is 22.7 Å². The Hall–Kier alpha value is -3.15. The number of nitrogens with zero attached hydrogens (tertiary/aromatic N) is 3. The third-order valence-electron chi connectivity index (χ3n) is 5.73. The highest BCUT2D eigenvalue weighted by molar-refractivity contribution is 7.98. The van der Waals surface area contributed by atoms with Crippen molar-refractivity contribution in [3.63, 3.8) is 0 Å². The van der Waals surface area contributed by atoms with Gasteiger partial charge in [-0.05, 0) is 58.3 Å². The van der Waals surface area contributed by atoms with E-state index in [4.69, 9.17) is 4.74 Å². The molecule has 3 rings (SSSR count). The number of nitrogens with one attached hydrogen (secondary N) is 2. The van der Waals surface area contributed by atoms with Crippen LogP contribution in [-0.4, -0.2) is 45.6 Å². The van der Waals surface area contributed by atoms with E-state index >= 15 is 0 Å². The molecule has 3 heterocycles. The number of hydrogen-bond acceptors (Lipinski definition) is 8. The van der Waals surface area contributed by atoms with Crippen molar-refractivity contribution in [1.29, 1.82) is 10.5 Å². The third kappa shape index (κ3) is 5.75. The van der Waals surface area contributed by atoms with Gasteiger partial charge in [0.05, 0.1) is 6.04 Å². The van der Waals surface area contributed by atoms with Crippen LogP contribution in [0.4, 0.5) is 4.79 Å². The molecule has 2 N–H and O–H groups in total. The highest BCUT2D eigenvalue weighted by Crippen LogP contribution is 2.40. The number of carbonyl (C=O) groups is 1. The van der Waals surface area contributed by atoms with E-state index in [9.17, 15) is 24.9 Å². The summed E-state index contributed by atoms with van der Waals surface area (Å²) in [6.07, 6.45) is 4.04. The van der Waals surface area contributed by atoms with Crippen LogP contribution in [-0.2, 0) is 4.74 Å². The number of hydrogen-bond donors (Lipinski definition) is 2. The Morgan fingerprint density at radius 2 is 1.54 bits per heavy atom. The van der Waals surface area contributed by atoms with Gasteiger partial charge in [0.2, 0.25) is 0 Å². The zero-order valence-electron chi connectivity index (χ0n) is 20.2. The fraction of sp³-hybridized carbons (Fsp3) is 0.458. The molecule has 184 valence electrons. The maximum Gasteiger partial charge on any atom is 0.410 e. The van der Waals surface area contributed by atoms with Crippen LogP contribution in [0.3, 0.4) is 0 Å². The first kappa shape index (κ1) is 26.5. The summed E-state index contributed by atoms with van der Waals surface area (Å²) in [7, 11) is 0. The molecule has 1 aliphatic heterocycles. The molecule has 1 saturated heterocycles. The lowest BCUT2D eigenvalue weighted by Crippen LogP contribution is -2.44. The van der Waals surface area contributed by atoms with Crippen molar-refractivity contribution in [3.05, 3.63) is 55.4 Å². The Bertz CT molecular complexity index is 1330. The topological polar surface area (TPSA) is 143 Å². The zero-order valence-corrected chi connectivity index (χ0v) is 21.9. The van der Waals surface area contributed by atoms with E-state index in [1.165, 1.54) is 23.5 Å². The molecule has 0 bridgehead atoms. The molecule has 1 aliphatic rings. The Morgan fingerprint density at radius 3 is 2.03 bits per heavy atom. The standard InChI is InChI=1S/C24H27N5O4S2/c1-24(2,3)33-23(32)29-7-6-13(16-9-19(34-4)14(11-25)21(30)27-16)8-18(29)17-10-20(35-5)15(12-26)22(31)28-17/h9-10,13,18H,6-8H2,1-5H3,(H,27,30)(H,28,31). The molecule has 2 unspecified atom stereocenters. The summed E-state index contributed by atoms with van der Waals surface area (Å²) in [6, 6.07) is 6.87. The molecule has 1 fully saturated rings. The van der Waals surface area contributed by atoms with Gasteiger partial charge in [0.1, 0.15) is 28.9 Å². The predicted molar refractivity (Wildman–Crippen MR) is 135 cm³/mol. The molecule has 9 nitrogen and oxygen atoms in total. The molecule has 0 saturated carbocycles. The van der Waals surface area contributed by atoms with Crippen LogP contribution in [0.15, 0.2) is 31.5 Å². The fourth-order valence-corrected chi connectivity index (χ4v) is 5.30. The molecule has 0 spiro atoms. The average Bonchev–Trinajstić information content (AvgIpc) is 2.81. The fourth-order valence-electron chi connectivity index (χ4n) is 4.12. The smallest absolute Gasteiger partial charge is 0.410 e. The first-order chi connectivity index (χ1) is 16.5. The number of piperidine rings is 1. The maximum absolute atomic E-state index is 13.1. The van der Waals surface area contributed by atoms with Crippen LogP contribution in [0.2, 0.25) is 0 Å². The van der Waals surface area contributed by atoms with Crippen molar-refractivity contribution >= 4 is 29.6 Å². The molecule has 35 heavy (non-hydrogen) atoms. The number of thioether (sulfide) groups is 2. The molecule has 1 amide bonds. The first-order valence-electron chi connectivity index (χ1n) is 10.9. The van der Waals surface area contributed by atoms with Crippen molar-refractivity contribution in [3.8, 4) is 12.1 Å². The Morgan fingerprint density at radius 1 is 1.03 bits per heavy atom.